The Kier molecular flexibility index (Phi) is 32.1. The zero-order valence-corrected chi connectivity index (χ0v) is 34.0. The predicted octanol–water partition coefficient (Wildman–Crippen LogP) is 15.0. The van der Waals surface area contributed by atoms with E-state index < -0.39 is 14.7 Å². The Balaban J connectivity index is 2.19. The molecule has 47 heavy (non-hydrogen) atoms. The molecule has 0 bridgehead atoms. The molecular weight excluding hydrogens is 635 g/mol. The molecule has 0 spiro atoms. The van der Waals surface area contributed by atoms with E-state index in [1.807, 2.05) is 0 Å². The van der Waals surface area contributed by atoms with E-state index in [0.29, 0.717) is 6.10 Å². The molecule has 3 heteroatoms. The summed E-state index contributed by atoms with van der Waals surface area (Å²) in [6, 6.07) is 0. The monoisotopic (exact) mass is 717 g/mol. The fourth-order valence-electron chi connectivity index (χ4n) is 6.55. The van der Waals surface area contributed by atoms with Crippen LogP contribution in [-0.2, 0) is 9.47 Å². The first kappa shape index (κ1) is 44.5. The summed E-state index contributed by atoms with van der Waals surface area (Å²) in [7, 11) is 0. The van der Waals surface area contributed by atoms with Crippen LogP contribution < -0.4 is 0 Å². The quantitative estimate of drug-likeness (QED) is 0.0375. The van der Waals surface area contributed by atoms with E-state index in [-0.39, 0.29) is 5.79 Å². The van der Waals surface area contributed by atoms with Crippen LogP contribution in [0.2, 0.25) is 16.6 Å². The van der Waals surface area contributed by atoms with Gasteiger partial charge in [0.05, 0.1) is 0 Å². The van der Waals surface area contributed by atoms with Crippen LogP contribution in [0.15, 0.2) is 48.6 Å². The van der Waals surface area contributed by atoms with Gasteiger partial charge in [-0.15, -0.1) is 0 Å². The standard InChI is InChI=1S/C44H81AsO2/c1-5-7-9-11-13-15-17-19-21-23-25-27-29-31-33-35-39-44(46-42-43(47-44)38-37-41-45(3)4)40-36-34-32-30-28-26-24-22-20-18-16-14-12-10-8-6-2/h13-16,19-22,43H,5-12,17-18,23-42H2,1-4H3/b15-13-,16-14-,21-19-,22-20-. The van der Waals surface area contributed by atoms with Gasteiger partial charge in [-0.25, -0.2) is 0 Å². The number of allylic oxidation sites excluding steroid dienone is 8. The van der Waals surface area contributed by atoms with Crippen molar-refractivity contribution in [3.63, 3.8) is 0 Å². The maximum absolute atomic E-state index is 6.75. The molecule has 0 aromatic rings. The Bertz CT molecular complexity index is 719. The molecular formula is C44H81AsO2. The fourth-order valence-corrected chi connectivity index (χ4v) is 8.26. The second-order valence-electron chi connectivity index (χ2n) is 14.6. The summed E-state index contributed by atoms with van der Waals surface area (Å²) in [6.45, 7) is 5.37. The number of rotatable bonds is 34. The van der Waals surface area contributed by atoms with Crippen LogP contribution in [0.5, 0.6) is 0 Å². The molecule has 0 saturated carbocycles. The Labute approximate surface area is 300 Å². The molecule has 1 aliphatic heterocycles. The van der Waals surface area contributed by atoms with Crippen LogP contribution in [0.1, 0.15) is 194 Å². The van der Waals surface area contributed by atoms with Gasteiger partial charge in [-0.2, -0.15) is 0 Å². The van der Waals surface area contributed by atoms with Gasteiger partial charge in [0.15, 0.2) is 0 Å². The predicted molar refractivity (Wildman–Crippen MR) is 213 cm³/mol. The molecule has 1 atom stereocenters. The third-order valence-corrected chi connectivity index (χ3v) is 12.1. The van der Waals surface area contributed by atoms with Gasteiger partial charge >= 0.3 is 149 Å². The van der Waals surface area contributed by atoms with Gasteiger partial charge < -0.3 is 0 Å². The first-order chi connectivity index (χ1) is 23.1. The van der Waals surface area contributed by atoms with Crippen LogP contribution in [0.3, 0.4) is 0 Å². The van der Waals surface area contributed by atoms with Crippen molar-refractivity contribution in [1.29, 1.82) is 0 Å². The van der Waals surface area contributed by atoms with E-state index in [9.17, 15) is 0 Å². The van der Waals surface area contributed by atoms with Gasteiger partial charge in [-0.05, 0) is 64.2 Å². The Morgan fingerprint density at radius 2 is 0.915 bits per heavy atom. The molecule has 2 nitrogen and oxygen atoms in total. The van der Waals surface area contributed by atoms with Crippen LogP contribution in [0.25, 0.3) is 0 Å². The van der Waals surface area contributed by atoms with Crippen LogP contribution >= 0.6 is 0 Å². The molecule has 0 N–H and O–H groups in total. The van der Waals surface area contributed by atoms with Gasteiger partial charge in [0.1, 0.15) is 0 Å². The second kappa shape index (κ2) is 33.9. The fraction of sp³-hybridized carbons (Fsp3) is 0.818. The Hall–Kier alpha value is -0.562. The molecule has 1 saturated heterocycles. The summed E-state index contributed by atoms with van der Waals surface area (Å²) in [5.74, 6) is -0.287. The minimum atomic E-state index is -0.535. The number of hydrogen-bond donors (Lipinski definition) is 0. The summed E-state index contributed by atoms with van der Waals surface area (Å²) in [5, 5.41) is 1.44. The van der Waals surface area contributed by atoms with Crippen molar-refractivity contribution in [2.75, 3.05) is 6.61 Å². The van der Waals surface area contributed by atoms with Gasteiger partial charge in [0.2, 0.25) is 0 Å². The first-order valence-corrected chi connectivity index (χ1v) is 25.8. The molecule has 0 aromatic carbocycles. The van der Waals surface area contributed by atoms with Crippen LogP contribution in [0, 0.1) is 0 Å². The molecule has 0 aliphatic carbocycles. The van der Waals surface area contributed by atoms with Gasteiger partial charge in [-0.3, -0.25) is 0 Å². The van der Waals surface area contributed by atoms with Crippen molar-refractivity contribution in [2.45, 2.75) is 222 Å². The van der Waals surface area contributed by atoms with E-state index in [1.165, 1.54) is 159 Å². The molecule has 0 amide bonds. The van der Waals surface area contributed by atoms with E-state index in [4.69, 9.17) is 9.47 Å². The molecule has 1 rings (SSSR count). The van der Waals surface area contributed by atoms with Crippen molar-refractivity contribution in [2.24, 2.45) is 0 Å². The Morgan fingerprint density at radius 1 is 0.511 bits per heavy atom. The van der Waals surface area contributed by atoms with Crippen molar-refractivity contribution < 1.29 is 9.47 Å². The van der Waals surface area contributed by atoms with Gasteiger partial charge in [0.25, 0.3) is 0 Å². The van der Waals surface area contributed by atoms with Gasteiger partial charge in [0, 0.05) is 0 Å². The van der Waals surface area contributed by atoms with E-state index in [0.717, 1.165) is 32.3 Å². The van der Waals surface area contributed by atoms with Crippen molar-refractivity contribution in [1.82, 2.24) is 0 Å². The summed E-state index contributed by atoms with van der Waals surface area (Å²) in [6.07, 6.45) is 55.1. The van der Waals surface area contributed by atoms with Gasteiger partial charge in [-0.1, -0.05) is 88.1 Å². The zero-order valence-electron chi connectivity index (χ0n) is 32.2. The van der Waals surface area contributed by atoms with Crippen LogP contribution in [-0.4, -0.2) is 33.1 Å². The Morgan fingerprint density at radius 3 is 1.34 bits per heavy atom. The molecule has 274 valence electrons. The normalized spacial score (nSPS) is 16.8. The molecule has 0 aromatic heterocycles. The second-order valence-corrected chi connectivity index (χ2v) is 20.0. The SMILES string of the molecule is CCCCC/C=C\C/C=C\CCCCCCCCC1(CCCCCCCC/C=C\C/C=C\CCCCC)OCC(CCC[As](C)C)O1. The van der Waals surface area contributed by atoms with Crippen molar-refractivity contribution in [3.8, 4) is 0 Å². The number of ether oxygens (including phenoxy) is 2. The summed E-state index contributed by atoms with van der Waals surface area (Å²) >= 11 is -0.535. The molecule has 1 unspecified atom stereocenters. The maximum atomic E-state index is 6.75. The average molecular weight is 717 g/mol. The molecule has 1 fully saturated rings. The summed E-state index contributed by atoms with van der Waals surface area (Å²) in [4.78, 5) is 0. The zero-order chi connectivity index (χ0) is 33.9. The van der Waals surface area contributed by atoms with E-state index in [1.54, 1.807) is 0 Å². The topological polar surface area (TPSA) is 18.5 Å². The van der Waals surface area contributed by atoms with E-state index >= 15 is 0 Å². The van der Waals surface area contributed by atoms with Crippen molar-refractivity contribution >= 4 is 14.7 Å². The third-order valence-electron chi connectivity index (χ3n) is 9.56. The summed E-state index contributed by atoms with van der Waals surface area (Å²) in [5.41, 5.74) is 4.95. The average Bonchev–Trinajstić information content (AvgIpc) is 3.47. The van der Waals surface area contributed by atoms with Crippen molar-refractivity contribution in [3.05, 3.63) is 48.6 Å². The number of hydrogen-bond acceptors (Lipinski definition) is 2. The van der Waals surface area contributed by atoms with Crippen LogP contribution in [0.4, 0.5) is 0 Å². The minimum absolute atomic E-state index is 0.287. The third kappa shape index (κ3) is 28.9. The molecule has 0 radical (unpaired) electrons. The molecule has 1 heterocycles. The number of unbranched alkanes of at least 4 members (excludes halogenated alkanes) is 18. The summed E-state index contributed by atoms with van der Waals surface area (Å²) < 4.78 is 13.3. The molecule has 1 aliphatic rings. The van der Waals surface area contributed by atoms with E-state index in [2.05, 4.69) is 73.9 Å². The first-order valence-electron chi connectivity index (χ1n) is 20.7.